The fourth-order valence-corrected chi connectivity index (χ4v) is 0.0948. The SMILES string of the molecule is N/C=C/C(N)=O. The van der Waals surface area contributed by atoms with Gasteiger partial charge in [0.2, 0.25) is 5.91 Å². The number of hydrogen-bond acceptors (Lipinski definition) is 2. The average molecular weight is 86.1 g/mol. The Balaban J connectivity index is 3.30. The molecule has 3 nitrogen and oxygen atoms in total. The summed E-state index contributed by atoms with van der Waals surface area (Å²) in [6, 6.07) is 0. The summed E-state index contributed by atoms with van der Waals surface area (Å²) in [5.41, 5.74) is 9.35. The van der Waals surface area contributed by atoms with Gasteiger partial charge in [-0.1, -0.05) is 0 Å². The molecule has 0 radical (unpaired) electrons. The van der Waals surface area contributed by atoms with E-state index in [2.05, 4.69) is 5.73 Å². The van der Waals surface area contributed by atoms with Crippen LogP contribution in [0.4, 0.5) is 0 Å². The first kappa shape index (κ1) is 5.01. The van der Waals surface area contributed by atoms with Gasteiger partial charge in [-0.15, -0.1) is 0 Å². The van der Waals surface area contributed by atoms with Crippen LogP contribution in [0, 0.1) is 0 Å². The Labute approximate surface area is 35.6 Å². The zero-order chi connectivity index (χ0) is 4.99. The van der Waals surface area contributed by atoms with Gasteiger partial charge in [0, 0.05) is 6.08 Å². The summed E-state index contributed by atoms with van der Waals surface area (Å²) in [6.45, 7) is 0. The second-order valence-corrected chi connectivity index (χ2v) is 0.761. The normalized spacial score (nSPS) is 9.33. The zero-order valence-electron chi connectivity index (χ0n) is 3.22. The molecule has 0 saturated carbocycles. The van der Waals surface area contributed by atoms with Crippen LogP contribution in [0.1, 0.15) is 0 Å². The highest BCUT2D eigenvalue weighted by Gasteiger charge is 1.73. The molecule has 0 aromatic rings. The molecule has 3 heteroatoms. The lowest BCUT2D eigenvalue weighted by Gasteiger charge is -1.70. The molecule has 34 valence electrons. The molecular formula is C3H6N2O. The molecule has 0 fully saturated rings. The number of rotatable bonds is 1. The highest BCUT2D eigenvalue weighted by molar-refractivity contribution is 5.85. The number of carbonyl (C=O) groups is 1. The highest BCUT2D eigenvalue weighted by atomic mass is 16.1. The molecule has 0 aliphatic carbocycles. The van der Waals surface area contributed by atoms with E-state index < -0.39 is 5.91 Å². The predicted octanol–water partition coefficient (Wildman–Crippen LogP) is -1.06. The molecule has 0 aliphatic heterocycles. The topological polar surface area (TPSA) is 69.1 Å². The third-order valence-corrected chi connectivity index (χ3v) is 0.260. The minimum Gasteiger partial charge on any atom is -0.404 e. The van der Waals surface area contributed by atoms with Crippen molar-refractivity contribution in [3.8, 4) is 0 Å². The predicted molar refractivity (Wildman–Crippen MR) is 22.5 cm³/mol. The van der Waals surface area contributed by atoms with E-state index in [1.165, 1.54) is 0 Å². The Hall–Kier alpha value is -0.990. The van der Waals surface area contributed by atoms with Crippen molar-refractivity contribution >= 4 is 5.91 Å². The summed E-state index contributed by atoms with van der Waals surface area (Å²) in [7, 11) is 0. The van der Waals surface area contributed by atoms with Crippen molar-refractivity contribution in [2.24, 2.45) is 11.5 Å². The van der Waals surface area contributed by atoms with Gasteiger partial charge in [-0.05, 0) is 6.20 Å². The quantitative estimate of drug-likeness (QED) is 0.399. The Kier molecular flexibility index (Phi) is 1.89. The molecule has 0 aromatic heterocycles. The Bertz CT molecular complexity index is 76.9. The van der Waals surface area contributed by atoms with Gasteiger partial charge in [-0.3, -0.25) is 4.79 Å². The molecule has 0 spiro atoms. The van der Waals surface area contributed by atoms with Crippen LogP contribution in [0.5, 0.6) is 0 Å². The van der Waals surface area contributed by atoms with E-state index in [9.17, 15) is 4.79 Å². The molecule has 4 N–H and O–H groups in total. The largest absolute Gasteiger partial charge is 0.404 e. The lowest BCUT2D eigenvalue weighted by atomic mass is 10.6. The summed E-state index contributed by atoms with van der Waals surface area (Å²) in [5.74, 6) is -0.516. The second kappa shape index (κ2) is 2.26. The molecule has 0 atom stereocenters. The third kappa shape index (κ3) is 3.01. The van der Waals surface area contributed by atoms with Gasteiger partial charge in [0.15, 0.2) is 0 Å². The van der Waals surface area contributed by atoms with Crippen LogP contribution in [0.2, 0.25) is 0 Å². The fraction of sp³-hybridized carbons (Fsp3) is 0. The van der Waals surface area contributed by atoms with Crippen molar-refractivity contribution in [3.05, 3.63) is 12.3 Å². The molecule has 0 aromatic carbocycles. The molecule has 0 unspecified atom stereocenters. The van der Waals surface area contributed by atoms with Crippen LogP contribution in [0.25, 0.3) is 0 Å². The summed E-state index contributed by atoms with van der Waals surface area (Å²) in [5, 5.41) is 0. The summed E-state index contributed by atoms with van der Waals surface area (Å²) in [4.78, 5) is 9.65. The standard InChI is InChI=1S/C3H6N2O/c4-2-1-3(5)6/h1-2H,4H2,(H2,5,6)/b2-1+. The lowest BCUT2D eigenvalue weighted by Crippen LogP contribution is -2.06. The fourth-order valence-electron chi connectivity index (χ4n) is 0.0948. The summed E-state index contributed by atoms with van der Waals surface area (Å²) in [6.07, 6.45) is 2.18. The van der Waals surface area contributed by atoms with Crippen molar-refractivity contribution < 1.29 is 4.79 Å². The van der Waals surface area contributed by atoms with Gasteiger partial charge in [0.05, 0.1) is 0 Å². The van der Waals surface area contributed by atoms with E-state index in [-0.39, 0.29) is 0 Å². The van der Waals surface area contributed by atoms with Crippen molar-refractivity contribution in [3.63, 3.8) is 0 Å². The van der Waals surface area contributed by atoms with Gasteiger partial charge in [0.1, 0.15) is 0 Å². The number of carbonyl (C=O) groups excluding carboxylic acids is 1. The number of primary amides is 1. The molecule has 6 heavy (non-hydrogen) atoms. The smallest absolute Gasteiger partial charge is 0.242 e. The van der Waals surface area contributed by atoms with E-state index in [1.54, 1.807) is 0 Å². The van der Waals surface area contributed by atoms with Crippen LogP contribution in [-0.2, 0) is 4.79 Å². The molecule has 0 heterocycles. The highest BCUT2D eigenvalue weighted by Crippen LogP contribution is 1.54. The van der Waals surface area contributed by atoms with Gasteiger partial charge in [-0.2, -0.15) is 0 Å². The Morgan fingerprint density at radius 1 is 1.67 bits per heavy atom. The monoisotopic (exact) mass is 86.0 g/mol. The molecule has 0 saturated heterocycles. The van der Waals surface area contributed by atoms with Crippen molar-refractivity contribution in [2.45, 2.75) is 0 Å². The van der Waals surface area contributed by atoms with E-state index in [1.807, 2.05) is 0 Å². The molecule has 0 bridgehead atoms. The third-order valence-electron chi connectivity index (χ3n) is 0.260. The van der Waals surface area contributed by atoms with Crippen molar-refractivity contribution in [1.29, 1.82) is 0 Å². The lowest BCUT2D eigenvalue weighted by molar-refractivity contribution is -0.113. The van der Waals surface area contributed by atoms with E-state index in [0.717, 1.165) is 12.3 Å². The molecule has 0 aliphatic rings. The number of amides is 1. The number of hydrogen-bond donors (Lipinski definition) is 2. The Morgan fingerprint density at radius 2 is 2.17 bits per heavy atom. The second-order valence-electron chi connectivity index (χ2n) is 0.761. The van der Waals surface area contributed by atoms with Crippen LogP contribution >= 0.6 is 0 Å². The molecular weight excluding hydrogens is 80.0 g/mol. The summed E-state index contributed by atoms with van der Waals surface area (Å²) >= 11 is 0. The summed E-state index contributed by atoms with van der Waals surface area (Å²) < 4.78 is 0. The van der Waals surface area contributed by atoms with Gasteiger partial charge >= 0.3 is 0 Å². The minimum absolute atomic E-state index is 0.516. The van der Waals surface area contributed by atoms with Crippen LogP contribution in [0.3, 0.4) is 0 Å². The van der Waals surface area contributed by atoms with Crippen LogP contribution in [0.15, 0.2) is 12.3 Å². The minimum atomic E-state index is -0.516. The Morgan fingerprint density at radius 3 is 2.17 bits per heavy atom. The first-order chi connectivity index (χ1) is 2.77. The van der Waals surface area contributed by atoms with Gasteiger partial charge < -0.3 is 11.5 Å². The van der Waals surface area contributed by atoms with Crippen LogP contribution < -0.4 is 11.5 Å². The first-order valence-corrected chi connectivity index (χ1v) is 1.45. The van der Waals surface area contributed by atoms with Gasteiger partial charge in [0.25, 0.3) is 0 Å². The first-order valence-electron chi connectivity index (χ1n) is 1.45. The zero-order valence-corrected chi connectivity index (χ0v) is 3.22. The maximum atomic E-state index is 9.65. The molecule has 1 amide bonds. The number of nitrogens with two attached hydrogens (primary N) is 2. The average Bonchev–Trinajstić information content (AvgIpc) is 1.35. The van der Waals surface area contributed by atoms with Gasteiger partial charge in [-0.25, -0.2) is 0 Å². The van der Waals surface area contributed by atoms with E-state index >= 15 is 0 Å². The maximum Gasteiger partial charge on any atom is 0.242 e. The molecule has 0 rings (SSSR count). The van der Waals surface area contributed by atoms with Crippen molar-refractivity contribution in [2.75, 3.05) is 0 Å². The van der Waals surface area contributed by atoms with Crippen molar-refractivity contribution in [1.82, 2.24) is 0 Å². The van der Waals surface area contributed by atoms with Crippen LogP contribution in [-0.4, -0.2) is 5.91 Å². The van der Waals surface area contributed by atoms with E-state index in [0.29, 0.717) is 0 Å². The van der Waals surface area contributed by atoms with E-state index in [4.69, 9.17) is 5.73 Å². The maximum absolute atomic E-state index is 9.65.